The van der Waals surface area contributed by atoms with Crippen LogP contribution in [0.2, 0.25) is 0 Å². The SMILES string of the molecule is O=C1c2ccccc2C(=O)C1(c1ccccn1)N([O-])O. The number of hydrogen-bond donors (Lipinski definition) is 1. The van der Waals surface area contributed by atoms with Gasteiger partial charge in [-0.25, -0.2) is 5.23 Å². The quantitative estimate of drug-likeness (QED) is 0.656. The molecule has 0 amide bonds. The number of rotatable bonds is 2. The van der Waals surface area contributed by atoms with Gasteiger partial charge in [-0.05, 0) is 12.1 Å². The average molecular weight is 269 g/mol. The van der Waals surface area contributed by atoms with E-state index in [-0.39, 0.29) is 16.8 Å². The second kappa shape index (κ2) is 4.31. The number of hydroxylamine groups is 2. The lowest BCUT2D eigenvalue weighted by molar-refractivity contribution is -0.100. The highest BCUT2D eigenvalue weighted by atomic mass is 16.8. The van der Waals surface area contributed by atoms with Crippen molar-refractivity contribution in [1.82, 2.24) is 10.2 Å². The molecule has 0 bridgehead atoms. The number of pyridine rings is 1. The van der Waals surface area contributed by atoms with Gasteiger partial charge in [-0.2, -0.15) is 0 Å². The smallest absolute Gasteiger partial charge is 0.201 e. The highest BCUT2D eigenvalue weighted by Gasteiger charge is 2.56. The van der Waals surface area contributed by atoms with Crippen LogP contribution in [0, 0.1) is 5.21 Å². The molecule has 1 aromatic heterocycles. The van der Waals surface area contributed by atoms with Crippen molar-refractivity contribution >= 4 is 11.6 Å². The summed E-state index contributed by atoms with van der Waals surface area (Å²) >= 11 is 0. The van der Waals surface area contributed by atoms with Crippen molar-refractivity contribution in [2.24, 2.45) is 0 Å². The Hall–Kier alpha value is -2.41. The minimum atomic E-state index is -2.34. The fourth-order valence-corrected chi connectivity index (χ4v) is 2.45. The van der Waals surface area contributed by atoms with Crippen LogP contribution in [-0.4, -0.2) is 27.0 Å². The molecule has 0 unspecified atom stereocenters. The van der Waals surface area contributed by atoms with E-state index in [1.807, 2.05) is 0 Å². The molecule has 3 rings (SSSR count). The minimum absolute atomic E-state index is 0.0938. The maximum atomic E-state index is 12.5. The van der Waals surface area contributed by atoms with E-state index in [1.165, 1.54) is 30.5 Å². The van der Waals surface area contributed by atoms with Gasteiger partial charge in [0.1, 0.15) is 0 Å². The molecule has 0 saturated carbocycles. The number of carbonyl (C=O) groups excluding carboxylic acids is 2. The molecule has 1 heterocycles. The van der Waals surface area contributed by atoms with E-state index >= 15 is 0 Å². The Morgan fingerprint density at radius 3 is 2.00 bits per heavy atom. The normalized spacial score (nSPS) is 16.6. The zero-order valence-corrected chi connectivity index (χ0v) is 10.2. The predicted octanol–water partition coefficient (Wildman–Crippen LogP) is 1.55. The summed E-state index contributed by atoms with van der Waals surface area (Å²) < 4.78 is 0. The number of carbonyl (C=O) groups is 2. The Bertz CT molecular complexity index is 662. The van der Waals surface area contributed by atoms with Gasteiger partial charge in [-0.3, -0.25) is 14.6 Å². The first kappa shape index (κ1) is 12.6. The van der Waals surface area contributed by atoms with Crippen molar-refractivity contribution in [2.75, 3.05) is 0 Å². The molecular formula is C14H9N2O4-. The van der Waals surface area contributed by atoms with Gasteiger partial charge in [0.15, 0.2) is 11.6 Å². The Balaban J connectivity index is 2.30. The van der Waals surface area contributed by atoms with E-state index in [1.54, 1.807) is 18.2 Å². The Kier molecular flexibility index (Phi) is 2.72. The molecule has 6 nitrogen and oxygen atoms in total. The van der Waals surface area contributed by atoms with Crippen LogP contribution in [0.4, 0.5) is 0 Å². The van der Waals surface area contributed by atoms with Gasteiger partial charge < -0.3 is 10.4 Å². The molecule has 2 aromatic rings. The first-order valence-electron chi connectivity index (χ1n) is 5.86. The van der Waals surface area contributed by atoms with Crippen molar-refractivity contribution in [3.8, 4) is 0 Å². The van der Waals surface area contributed by atoms with E-state index in [4.69, 9.17) is 0 Å². The van der Waals surface area contributed by atoms with E-state index in [0.717, 1.165) is 0 Å². The molecule has 0 atom stereocenters. The number of nitrogens with zero attached hydrogens (tertiary/aromatic N) is 2. The summed E-state index contributed by atoms with van der Waals surface area (Å²) in [6, 6.07) is 10.6. The largest absolute Gasteiger partial charge is 0.761 e. The van der Waals surface area contributed by atoms with Crippen LogP contribution in [0.15, 0.2) is 48.7 Å². The lowest BCUT2D eigenvalue weighted by Gasteiger charge is -2.37. The second-order valence-electron chi connectivity index (χ2n) is 4.40. The minimum Gasteiger partial charge on any atom is -0.761 e. The highest BCUT2D eigenvalue weighted by molar-refractivity contribution is 6.32. The molecule has 1 aliphatic carbocycles. The molecule has 0 radical (unpaired) electrons. The van der Waals surface area contributed by atoms with Crippen LogP contribution in [0.1, 0.15) is 26.4 Å². The molecule has 1 aliphatic rings. The third-order valence-electron chi connectivity index (χ3n) is 3.40. The molecule has 20 heavy (non-hydrogen) atoms. The van der Waals surface area contributed by atoms with Crippen molar-refractivity contribution in [3.63, 3.8) is 0 Å². The summed E-state index contributed by atoms with van der Waals surface area (Å²) in [6.07, 6.45) is 1.35. The molecule has 0 saturated heterocycles. The molecule has 0 aliphatic heterocycles. The van der Waals surface area contributed by atoms with Crippen molar-refractivity contribution in [3.05, 3.63) is 70.7 Å². The molecule has 1 N–H and O–H groups in total. The lowest BCUT2D eigenvalue weighted by Crippen LogP contribution is -2.50. The summed E-state index contributed by atoms with van der Waals surface area (Å²) in [6.45, 7) is 0. The van der Waals surface area contributed by atoms with Crippen LogP contribution in [0.5, 0.6) is 0 Å². The van der Waals surface area contributed by atoms with Crippen molar-refractivity contribution in [1.29, 1.82) is 0 Å². The van der Waals surface area contributed by atoms with Gasteiger partial charge in [0, 0.05) is 17.3 Å². The Morgan fingerprint density at radius 1 is 1.00 bits per heavy atom. The molecule has 6 heteroatoms. The van der Waals surface area contributed by atoms with Gasteiger partial charge in [-0.1, -0.05) is 30.3 Å². The summed E-state index contributed by atoms with van der Waals surface area (Å²) in [5.74, 6) is -1.54. The van der Waals surface area contributed by atoms with Gasteiger partial charge in [0.25, 0.3) is 0 Å². The number of hydrogen-bond acceptors (Lipinski definition) is 6. The number of aromatic nitrogens is 1. The summed E-state index contributed by atoms with van der Waals surface area (Å²) in [4.78, 5) is 28.9. The molecule has 0 fully saturated rings. The fourth-order valence-electron chi connectivity index (χ4n) is 2.45. The summed E-state index contributed by atoms with van der Waals surface area (Å²) in [5.41, 5.74) is -2.22. The molecule has 0 spiro atoms. The molecule has 100 valence electrons. The summed E-state index contributed by atoms with van der Waals surface area (Å²) in [5, 5.41) is 20.5. The standard InChI is InChI=1S/C14H9N2O4/c17-12-9-5-1-2-6-10(9)13(18)14(12,16(19)20)11-7-3-4-8-15-11/h1-8,19H/q-1. The zero-order chi connectivity index (χ0) is 14.3. The van der Waals surface area contributed by atoms with Crippen molar-refractivity contribution in [2.45, 2.75) is 5.54 Å². The Morgan fingerprint density at radius 2 is 1.55 bits per heavy atom. The average Bonchev–Trinajstić information content (AvgIpc) is 2.70. The van der Waals surface area contributed by atoms with Crippen LogP contribution >= 0.6 is 0 Å². The van der Waals surface area contributed by atoms with Gasteiger partial charge in [0.05, 0.1) is 5.69 Å². The summed E-state index contributed by atoms with van der Waals surface area (Å²) in [7, 11) is 0. The number of benzene rings is 1. The first-order chi connectivity index (χ1) is 9.60. The third kappa shape index (κ3) is 1.41. The fraction of sp³-hybridized carbons (Fsp3) is 0.0714. The number of fused-ring (bicyclic) bond motifs is 1. The van der Waals surface area contributed by atoms with Gasteiger partial charge >= 0.3 is 0 Å². The maximum absolute atomic E-state index is 12.5. The number of Topliss-reactive ketones (excluding diaryl/α,β-unsaturated/α-hetero) is 2. The van der Waals surface area contributed by atoms with Crippen molar-refractivity contribution < 1.29 is 14.8 Å². The monoisotopic (exact) mass is 269 g/mol. The van der Waals surface area contributed by atoms with E-state index < -0.39 is 22.3 Å². The lowest BCUT2D eigenvalue weighted by atomic mass is 9.89. The van der Waals surface area contributed by atoms with Crippen LogP contribution in [0.3, 0.4) is 0 Å². The van der Waals surface area contributed by atoms with E-state index in [0.29, 0.717) is 0 Å². The third-order valence-corrected chi connectivity index (χ3v) is 3.40. The van der Waals surface area contributed by atoms with E-state index in [2.05, 4.69) is 4.98 Å². The van der Waals surface area contributed by atoms with Crippen LogP contribution in [0.25, 0.3) is 0 Å². The van der Waals surface area contributed by atoms with Crippen LogP contribution in [-0.2, 0) is 5.54 Å². The number of ketones is 2. The predicted molar refractivity (Wildman–Crippen MR) is 68.0 cm³/mol. The molecule has 1 aromatic carbocycles. The molecular weight excluding hydrogens is 260 g/mol. The first-order valence-corrected chi connectivity index (χ1v) is 5.86. The zero-order valence-electron chi connectivity index (χ0n) is 10.2. The highest BCUT2D eigenvalue weighted by Crippen LogP contribution is 2.40. The van der Waals surface area contributed by atoms with Gasteiger partial charge in [0.2, 0.25) is 5.54 Å². The second-order valence-corrected chi connectivity index (χ2v) is 4.40. The van der Waals surface area contributed by atoms with Crippen LogP contribution < -0.4 is 0 Å². The Labute approximate surface area is 113 Å². The van der Waals surface area contributed by atoms with Gasteiger partial charge in [-0.15, -0.1) is 0 Å². The maximum Gasteiger partial charge on any atom is 0.201 e. The topological polar surface area (TPSA) is 93.6 Å². The van der Waals surface area contributed by atoms with E-state index in [9.17, 15) is 20.0 Å².